The Balaban J connectivity index is 1.85. The molecule has 98 valence electrons. The monoisotopic (exact) mass is 262 g/mol. The number of aromatic nitrogens is 2. The van der Waals surface area contributed by atoms with Gasteiger partial charge in [0.1, 0.15) is 0 Å². The van der Waals surface area contributed by atoms with Crippen LogP contribution in [0.1, 0.15) is 11.3 Å². The van der Waals surface area contributed by atoms with Crippen LogP contribution in [0.4, 0.5) is 5.82 Å². The summed E-state index contributed by atoms with van der Waals surface area (Å²) >= 11 is 0. The number of azo groups is 1. The second-order valence-electron chi connectivity index (χ2n) is 4.51. The second-order valence-corrected chi connectivity index (χ2v) is 4.51. The van der Waals surface area contributed by atoms with Crippen molar-refractivity contribution in [2.45, 2.75) is 13.5 Å². The van der Waals surface area contributed by atoms with Crippen molar-refractivity contribution in [1.29, 1.82) is 0 Å². The van der Waals surface area contributed by atoms with E-state index in [9.17, 15) is 0 Å². The minimum absolute atomic E-state index is 0.550. The highest BCUT2D eigenvalue weighted by Crippen LogP contribution is 2.19. The van der Waals surface area contributed by atoms with E-state index >= 15 is 0 Å². The molecule has 0 radical (unpaired) electrons. The predicted octanol–water partition coefficient (Wildman–Crippen LogP) is 4.22. The van der Waals surface area contributed by atoms with Crippen molar-refractivity contribution in [3.8, 4) is 0 Å². The molecule has 0 aliphatic rings. The summed E-state index contributed by atoms with van der Waals surface area (Å²) in [6, 6.07) is 17.8. The molecule has 0 N–H and O–H groups in total. The number of nitrogens with zero attached hydrogens (tertiary/aromatic N) is 4. The van der Waals surface area contributed by atoms with Crippen molar-refractivity contribution in [2.75, 3.05) is 0 Å². The van der Waals surface area contributed by atoms with E-state index in [4.69, 9.17) is 0 Å². The zero-order chi connectivity index (χ0) is 13.8. The predicted molar refractivity (Wildman–Crippen MR) is 78.9 cm³/mol. The maximum absolute atomic E-state index is 4.49. The van der Waals surface area contributed by atoms with Crippen molar-refractivity contribution >= 4 is 16.9 Å². The Morgan fingerprint density at radius 2 is 1.50 bits per heavy atom. The van der Waals surface area contributed by atoms with Crippen molar-refractivity contribution < 1.29 is 0 Å². The van der Waals surface area contributed by atoms with Gasteiger partial charge in [0.05, 0.1) is 23.3 Å². The Morgan fingerprint density at radius 3 is 2.25 bits per heavy atom. The van der Waals surface area contributed by atoms with E-state index in [-0.39, 0.29) is 0 Å². The van der Waals surface area contributed by atoms with Crippen LogP contribution in [0.3, 0.4) is 0 Å². The molecule has 4 nitrogen and oxygen atoms in total. The Labute approximate surface area is 117 Å². The summed E-state index contributed by atoms with van der Waals surface area (Å²) in [6.45, 7) is 2.45. The zero-order valence-electron chi connectivity index (χ0n) is 11.2. The molecule has 20 heavy (non-hydrogen) atoms. The molecule has 3 aromatic rings. The lowest BCUT2D eigenvalue weighted by molar-refractivity contribution is 0.939. The Hall–Kier alpha value is -2.62. The molecule has 0 saturated heterocycles. The number of rotatable bonds is 3. The van der Waals surface area contributed by atoms with Crippen LogP contribution in [0, 0.1) is 6.92 Å². The van der Waals surface area contributed by atoms with Crippen LogP contribution in [-0.4, -0.2) is 9.97 Å². The number of benzene rings is 2. The van der Waals surface area contributed by atoms with Gasteiger partial charge in [-0.15, -0.1) is 5.11 Å². The molecule has 0 aliphatic carbocycles. The maximum Gasteiger partial charge on any atom is 0.196 e. The Morgan fingerprint density at radius 1 is 0.850 bits per heavy atom. The van der Waals surface area contributed by atoms with Gasteiger partial charge in [-0.1, -0.05) is 42.5 Å². The third kappa shape index (κ3) is 2.69. The van der Waals surface area contributed by atoms with Gasteiger partial charge < -0.3 is 0 Å². The molecule has 0 saturated carbocycles. The van der Waals surface area contributed by atoms with Crippen LogP contribution in [0.25, 0.3) is 11.0 Å². The first-order chi connectivity index (χ1) is 9.83. The summed E-state index contributed by atoms with van der Waals surface area (Å²) in [5.74, 6) is 0.583. The molecule has 1 aromatic heterocycles. The average Bonchev–Trinajstić information content (AvgIpc) is 2.49. The van der Waals surface area contributed by atoms with Gasteiger partial charge in [0.25, 0.3) is 0 Å². The van der Waals surface area contributed by atoms with Crippen molar-refractivity contribution in [3.05, 3.63) is 65.9 Å². The lowest BCUT2D eigenvalue weighted by atomic mass is 10.2. The van der Waals surface area contributed by atoms with Gasteiger partial charge in [0.2, 0.25) is 0 Å². The van der Waals surface area contributed by atoms with E-state index in [2.05, 4.69) is 20.2 Å². The highest BCUT2D eigenvalue weighted by atomic mass is 15.2. The lowest BCUT2D eigenvalue weighted by Crippen LogP contribution is -1.88. The largest absolute Gasteiger partial charge is 0.247 e. The molecule has 3 rings (SSSR count). The van der Waals surface area contributed by atoms with Gasteiger partial charge in [0.15, 0.2) is 5.82 Å². The molecular formula is C16H14N4. The van der Waals surface area contributed by atoms with Crippen LogP contribution < -0.4 is 0 Å². The molecular weight excluding hydrogens is 248 g/mol. The van der Waals surface area contributed by atoms with Gasteiger partial charge >= 0.3 is 0 Å². The van der Waals surface area contributed by atoms with Gasteiger partial charge in [-0.05, 0) is 24.6 Å². The normalized spacial score (nSPS) is 11.2. The molecule has 0 bridgehead atoms. The van der Waals surface area contributed by atoms with E-state index in [1.54, 1.807) is 0 Å². The number of fused-ring (bicyclic) bond motifs is 1. The first-order valence-corrected chi connectivity index (χ1v) is 6.48. The molecule has 2 aromatic carbocycles. The molecule has 0 unspecified atom stereocenters. The fraction of sp³-hybridized carbons (Fsp3) is 0.125. The molecule has 0 fully saturated rings. The maximum atomic E-state index is 4.49. The standard InChI is InChI=1S/C16H14N4/c1-12-16(19-15-10-6-5-9-14(15)18-12)20-17-11-13-7-3-2-4-8-13/h2-10H,11H2,1H3. The van der Waals surface area contributed by atoms with Crippen molar-refractivity contribution in [1.82, 2.24) is 9.97 Å². The van der Waals surface area contributed by atoms with E-state index < -0.39 is 0 Å². The lowest BCUT2D eigenvalue weighted by Gasteiger charge is -2.01. The van der Waals surface area contributed by atoms with Gasteiger partial charge in [-0.25, -0.2) is 9.97 Å². The number of para-hydroxylation sites is 2. The average molecular weight is 262 g/mol. The van der Waals surface area contributed by atoms with E-state index in [0.717, 1.165) is 22.3 Å². The smallest absolute Gasteiger partial charge is 0.196 e. The number of aryl methyl sites for hydroxylation is 1. The van der Waals surface area contributed by atoms with E-state index in [0.29, 0.717) is 12.4 Å². The second kappa shape index (κ2) is 5.57. The Bertz CT molecular complexity index is 751. The Kier molecular flexibility index (Phi) is 3.46. The van der Waals surface area contributed by atoms with Crippen molar-refractivity contribution in [3.63, 3.8) is 0 Å². The number of hydrogen-bond donors (Lipinski definition) is 0. The molecule has 0 aliphatic heterocycles. The summed E-state index contributed by atoms with van der Waals surface area (Å²) in [5, 5.41) is 8.40. The third-order valence-electron chi connectivity index (χ3n) is 2.98. The molecule has 0 amide bonds. The summed E-state index contributed by atoms with van der Waals surface area (Å²) < 4.78 is 0. The third-order valence-corrected chi connectivity index (χ3v) is 2.98. The quantitative estimate of drug-likeness (QED) is 0.663. The minimum Gasteiger partial charge on any atom is -0.247 e. The summed E-state index contributed by atoms with van der Waals surface area (Å²) in [6.07, 6.45) is 0. The van der Waals surface area contributed by atoms with E-state index in [1.807, 2.05) is 61.5 Å². The summed E-state index contributed by atoms with van der Waals surface area (Å²) in [7, 11) is 0. The van der Waals surface area contributed by atoms with Crippen LogP contribution in [-0.2, 0) is 6.54 Å². The molecule has 0 spiro atoms. The first-order valence-electron chi connectivity index (χ1n) is 6.48. The highest BCUT2D eigenvalue weighted by Gasteiger charge is 2.03. The van der Waals surface area contributed by atoms with Gasteiger partial charge in [-0.3, -0.25) is 0 Å². The minimum atomic E-state index is 0.550. The molecule has 0 atom stereocenters. The molecule has 4 heteroatoms. The summed E-state index contributed by atoms with van der Waals surface area (Å²) in [5.41, 5.74) is 3.64. The topological polar surface area (TPSA) is 50.5 Å². The SMILES string of the molecule is Cc1nc2ccccc2nc1N=NCc1ccccc1. The molecule has 1 heterocycles. The fourth-order valence-corrected chi connectivity index (χ4v) is 1.94. The van der Waals surface area contributed by atoms with Crippen molar-refractivity contribution in [2.24, 2.45) is 10.2 Å². The zero-order valence-corrected chi connectivity index (χ0v) is 11.2. The van der Waals surface area contributed by atoms with E-state index in [1.165, 1.54) is 0 Å². The van der Waals surface area contributed by atoms with Crippen LogP contribution in [0.5, 0.6) is 0 Å². The van der Waals surface area contributed by atoms with Crippen LogP contribution in [0.2, 0.25) is 0 Å². The first kappa shape index (κ1) is 12.4. The van der Waals surface area contributed by atoms with Gasteiger partial charge in [0, 0.05) is 0 Å². The van der Waals surface area contributed by atoms with Crippen LogP contribution in [0.15, 0.2) is 64.8 Å². The van der Waals surface area contributed by atoms with Crippen LogP contribution >= 0.6 is 0 Å². The fourth-order valence-electron chi connectivity index (χ4n) is 1.94. The highest BCUT2D eigenvalue weighted by molar-refractivity contribution is 5.75. The van der Waals surface area contributed by atoms with Gasteiger partial charge in [-0.2, -0.15) is 5.11 Å². The number of hydrogen-bond acceptors (Lipinski definition) is 4. The summed E-state index contributed by atoms with van der Waals surface area (Å²) in [4.78, 5) is 8.97.